The Bertz CT molecular complexity index is 896. The number of carbonyl (C=O) groups is 2. The molecule has 1 atom stereocenters. The molecule has 1 unspecified atom stereocenters. The lowest BCUT2D eigenvalue weighted by molar-refractivity contribution is -0.113. The van der Waals surface area contributed by atoms with E-state index in [4.69, 9.17) is 0 Å². The molecule has 0 fully saturated rings. The molecule has 0 saturated carbocycles. The molecule has 0 saturated heterocycles. The molecule has 0 bridgehead atoms. The number of thiophene rings is 1. The zero-order chi connectivity index (χ0) is 19.1. The summed E-state index contributed by atoms with van der Waals surface area (Å²) in [5.41, 5.74) is 2.52. The van der Waals surface area contributed by atoms with Gasteiger partial charge in [0, 0.05) is 16.6 Å². The largest absolute Gasteiger partial charge is 0.325 e. The van der Waals surface area contributed by atoms with Gasteiger partial charge in [-0.25, -0.2) is 0 Å². The van der Waals surface area contributed by atoms with Crippen LogP contribution >= 0.6 is 23.1 Å². The van der Waals surface area contributed by atoms with E-state index in [9.17, 15) is 9.59 Å². The van der Waals surface area contributed by atoms with Crippen molar-refractivity contribution in [2.45, 2.75) is 12.2 Å². The number of rotatable bonds is 7. The maximum absolute atomic E-state index is 12.3. The SMILES string of the molecule is CC(SCC(=O)Nc1cccc(NC(=O)c2cccs2)c1)c1ccccc1. The van der Waals surface area contributed by atoms with Crippen molar-refractivity contribution in [2.24, 2.45) is 0 Å². The fraction of sp³-hybridized carbons (Fsp3) is 0.143. The average Bonchev–Trinajstić information content (AvgIpc) is 3.22. The van der Waals surface area contributed by atoms with Gasteiger partial charge in [-0.1, -0.05) is 42.5 Å². The van der Waals surface area contributed by atoms with Crippen LogP contribution in [0, 0.1) is 0 Å². The molecular formula is C21H20N2O2S2. The molecule has 0 spiro atoms. The number of hydrogen-bond acceptors (Lipinski definition) is 4. The van der Waals surface area contributed by atoms with Crippen molar-refractivity contribution < 1.29 is 9.59 Å². The number of thioether (sulfide) groups is 1. The Morgan fingerprint density at radius 3 is 2.41 bits per heavy atom. The minimum atomic E-state index is -0.152. The average molecular weight is 397 g/mol. The van der Waals surface area contributed by atoms with Crippen molar-refractivity contribution in [1.29, 1.82) is 0 Å². The van der Waals surface area contributed by atoms with Crippen LogP contribution in [0.25, 0.3) is 0 Å². The topological polar surface area (TPSA) is 58.2 Å². The van der Waals surface area contributed by atoms with E-state index < -0.39 is 0 Å². The number of amides is 2. The molecule has 0 aliphatic carbocycles. The minimum absolute atomic E-state index is 0.0653. The second-order valence-electron chi connectivity index (χ2n) is 5.92. The fourth-order valence-corrected chi connectivity index (χ4v) is 3.94. The lowest BCUT2D eigenvalue weighted by Crippen LogP contribution is -2.15. The quantitative estimate of drug-likeness (QED) is 0.560. The molecule has 0 aliphatic heterocycles. The lowest BCUT2D eigenvalue weighted by Gasteiger charge is -2.12. The normalized spacial score (nSPS) is 11.6. The Balaban J connectivity index is 1.53. The van der Waals surface area contributed by atoms with Gasteiger partial charge in [0.25, 0.3) is 5.91 Å². The Morgan fingerprint density at radius 1 is 0.963 bits per heavy atom. The van der Waals surface area contributed by atoms with E-state index in [0.717, 1.165) is 0 Å². The van der Waals surface area contributed by atoms with Gasteiger partial charge >= 0.3 is 0 Å². The summed E-state index contributed by atoms with van der Waals surface area (Å²) in [5, 5.41) is 7.84. The van der Waals surface area contributed by atoms with Gasteiger partial charge in [0.2, 0.25) is 5.91 Å². The van der Waals surface area contributed by atoms with Gasteiger partial charge in [-0.05, 0) is 42.1 Å². The molecule has 2 N–H and O–H groups in total. The van der Waals surface area contributed by atoms with E-state index in [1.807, 2.05) is 35.7 Å². The number of anilines is 2. The molecule has 0 radical (unpaired) electrons. The van der Waals surface area contributed by atoms with Crippen LogP contribution in [0.3, 0.4) is 0 Å². The first kappa shape index (κ1) is 19.2. The number of hydrogen-bond donors (Lipinski definition) is 2. The predicted octanol–water partition coefficient (Wildman–Crippen LogP) is 5.43. The molecule has 27 heavy (non-hydrogen) atoms. The zero-order valence-corrected chi connectivity index (χ0v) is 16.5. The van der Waals surface area contributed by atoms with Gasteiger partial charge in [-0.3, -0.25) is 9.59 Å². The molecule has 2 amide bonds. The molecule has 138 valence electrons. The second-order valence-corrected chi connectivity index (χ2v) is 8.20. The van der Waals surface area contributed by atoms with E-state index in [0.29, 0.717) is 22.0 Å². The first-order valence-electron chi connectivity index (χ1n) is 8.53. The Labute approximate surface area is 167 Å². The third-order valence-electron chi connectivity index (χ3n) is 3.88. The van der Waals surface area contributed by atoms with Gasteiger partial charge in [0.15, 0.2) is 0 Å². The highest BCUT2D eigenvalue weighted by Gasteiger charge is 2.10. The van der Waals surface area contributed by atoms with Gasteiger partial charge in [-0.2, -0.15) is 0 Å². The van der Waals surface area contributed by atoms with E-state index in [1.165, 1.54) is 16.9 Å². The maximum atomic E-state index is 12.3. The zero-order valence-electron chi connectivity index (χ0n) is 14.8. The molecule has 0 aliphatic rings. The number of carbonyl (C=O) groups excluding carboxylic acids is 2. The first-order valence-corrected chi connectivity index (χ1v) is 10.5. The van der Waals surface area contributed by atoms with Crippen LogP contribution in [0.5, 0.6) is 0 Å². The highest BCUT2D eigenvalue weighted by molar-refractivity contribution is 8.00. The van der Waals surface area contributed by atoms with Gasteiger partial charge in [-0.15, -0.1) is 23.1 Å². The summed E-state index contributed by atoms with van der Waals surface area (Å²) in [5.74, 6) is 0.146. The van der Waals surface area contributed by atoms with Crippen LogP contribution < -0.4 is 10.6 Å². The second kappa shape index (κ2) is 9.39. The highest BCUT2D eigenvalue weighted by Crippen LogP contribution is 2.28. The van der Waals surface area contributed by atoms with E-state index in [-0.39, 0.29) is 17.1 Å². The molecule has 3 aromatic rings. The molecule has 2 aromatic carbocycles. The molecule has 6 heteroatoms. The predicted molar refractivity (Wildman–Crippen MR) is 115 cm³/mol. The standard InChI is InChI=1S/C21H20N2O2S2/c1-15(16-7-3-2-4-8-16)27-14-20(24)22-17-9-5-10-18(13-17)23-21(25)19-11-6-12-26-19/h2-13,15H,14H2,1H3,(H,22,24)(H,23,25). The van der Waals surface area contributed by atoms with Crippen molar-refractivity contribution in [3.63, 3.8) is 0 Å². The summed E-state index contributed by atoms with van der Waals surface area (Å²) < 4.78 is 0. The van der Waals surface area contributed by atoms with Crippen molar-refractivity contribution in [3.8, 4) is 0 Å². The van der Waals surface area contributed by atoms with Crippen LogP contribution in [-0.4, -0.2) is 17.6 Å². The number of benzene rings is 2. The van der Waals surface area contributed by atoms with Crippen molar-refractivity contribution >= 4 is 46.3 Å². The third kappa shape index (κ3) is 5.70. The van der Waals surface area contributed by atoms with Crippen LogP contribution in [-0.2, 0) is 4.79 Å². The van der Waals surface area contributed by atoms with Gasteiger partial charge in [0.05, 0.1) is 10.6 Å². The summed E-state index contributed by atoms with van der Waals surface area (Å²) in [4.78, 5) is 25.0. The highest BCUT2D eigenvalue weighted by atomic mass is 32.2. The van der Waals surface area contributed by atoms with E-state index >= 15 is 0 Å². The summed E-state index contributed by atoms with van der Waals surface area (Å²) in [6.07, 6.45) is 0. The molecular weight excluding hydrogens is 376 g/mol. The number of nitrogens with one attached hydrogen (secondary N) is 2. The summed E-state index contributed by atoms with van der Waals surface area (Å²) in [6, 6.07) is 20.9. The summed E-state index contributed by atoms with van der Waals surface area (Å²) >= 11 is 2.98. The van der Waals surface area contributed by atoms with E-state index in [2.05, 4.69) is 29.7 Å². The third-order valence-corrected chi connectivity index (χ3v) is 5.95. The summed E-state index contributed by atoms with van der Waals surface area (Å²) in [6.45, 7) is 2.09. The molecule has 3 rings (SSSR count). The van der Waals surface area contributed by atoms with Gasteiger partial charge in [0.1, 0.15) is 0 Å². The van der Waals surface area contributed by atoms with Crippen molar-refractivity contribution in [3.05, 3.63) is 82.6 Å². The van der Waals surface area contributed by atoms with Crippen LogP contribution in [0.1, 0.15) is 27.4 Å². The fourth-order valence-electron chi connectivity index (χ4n) is 2.49. The molecule has 1 heterocycles. The van der Waals surface area contributed by atoms with Crippen LogP contribution in [0.15, 0.2) is 72.1 Å². The summed E-state index contributed by atoms with van der Waals surface area (Å²) in [7, 11) is 0. The Kier molecular flexibility index (Phi) is 6.68. The molecule has 1 aromatic heterocycles. The minimum Gasteiger partial charge on any atom is -0.325 e. The van der Waals surface area contributed by atoms with Crippen molar-refractivity contribution in [2.75, 3.05) is 16.4 Å². The smallest absolute Gasteiger partial charge is 0.265 e. The van der Waals surface area contributed by atoms with Crippen molar-refractivity contribution in [1.82, 2.24) is 0 Å². The van der Waals surface area contributed by atoms with Crippen LogP contribution in [0.2, 0.25) is 0 Å². The van der Waals surface area contributed by atoms with Gasteiger partial charge < -0.3 is 10.6 Å². The van der Waals surface area contributed by atoms with Crippen LogP contribution in [0.4, 0.5) is 11.4 Å². The van der Waals surface area contributed by atoms with E-state index in [1.54, 1.807) is 36.0 Å². The Morgan fingerprint density at radius 2 is 1.70 bits per heavy atom. The monoisotopic (exact) mass is 396 g/mol. The molecule has 4 nitrogen and oxygen atoms in total. The first-order chi connectivity index (χ1) is 13.1. The maximum Gasteiger partial charge on any atom is 0.265 e. The lowest BCUT2D eigenvalue weighted by atomic mass is 10.2. The Hall–Kier alpha value is -2.57.